The lowest BCUT2D eigenvalue weighted by Gasteiger charge is -2.26. The second kappa shape index (κ2) is 13.0. The van der Waals surface area contributed by atoms with Crippen LogP contribution in [0.15, 0.2) is 187 Å². The third kappa shape index (κ3) is 5.49. The van der Waals surface area contributed by atoms with Crippen molar-refractivity contribution in [2.45, 2.75) is 0 Å². The van der Waals surface area contributed by atoms with Crippen LogP contribution in [0.2, 0.25) is 0 Å². The molecule has 0 amide bonds. The number of nitrogens with zero attached hydrogens (tertiary/aromatic N) is 6. The number of aromatic nitrogens is 5. The molecule has 0 N–H and O–H groups in total. The van der Waals surface area contributed by atoms with Crippen molar-refractivity contribution in [1.29, 1.82) is 0 Å². The van der Waals surface area contributed by atoms with Crippen molar-refractivity contribution in [1.82, 2.24) is 24.9 Å². The molecule has 0 aliphatic rings. The molecule has 5 aromatic carbocycles. The zero-order chi connectivity index (χ0) is 37.0. The normalized spacial score (nSPS) is 11.6. The molecule has 6 heterocycles. The third-order valence-corrected chi connectivity index (χ3v) is 10.5. The van der Waals surface area contributed by atoms with Crippen molar-refractivity contribution in [3.05, 3.63) is 183 Å². The van der Waals surface area contributed by atoms with Gasteiger partial charge < -0.3 is 9.32 Å². The Morgan fingerprint density at radius 3 is 1.64 bits per heavy atom. The van der Waals surface area contributed by atoms with E-state index in [-0.39, 0.29) is 0 Å². The van der Waals surface area contributed by atoms with E-state index in [0.717, 1.165) is 105 Å². The van der Waals surface area contributed by atoms with Gasteiger partial charge in [-0.2, -0.15) is 0 Å². The van der Waals surface area contributed by atoms with Crippen LogP contribution in [0.1, 0.15) is 0 Å². The molecule has 262 valence electrons. The Hall–Kier alpha value is -7.77. The standard InChI is InChI=1S/C49H30N6O/c1-2-4-47-43(3-1)44-19-22-52-48(49(44)56-47)37-6-5-34-24-42(16-11-33(34)23-37)55(40-12-7-31(8-13-40)45-25-35-17-20-50-27-38(35)29-53-45)41-14-9-32(10-15-41)46-26-36-18-21-51-28-39(36)30-54-46/h1-30H. The summed E-state index contributed by atoms with van der Waals surface area (Å²) in [5, 5.41) is 8.64. The summed E-state index contributed by atoms with van der Waals surface area (Å²) in [5.74, 6) is 0. The second-order valence-corrected chi connectivity index (χ2v) is 13.9. The van der Waals surface area contributed by atoms with Gasteiger partial charge in [0.1, 0.15) is 11.3 Å². The molecule has 0 unspecified atom stereocenters. The van der Waals surface area contributed by atoms with Crippen molar-refractivity contribution >= 4 is 71.3 Å². The summed E-state index contributed by atoms with van der Waals surface area (Å²) in [5.41, 5.74) is 10.5. The van der Waals surface area contributed by atoms with Gasteiger partial charge in [0.15, 0.2) is 5.58 Å². The zero-order valence-electron chi connectivity index (χ0n) is 29.9. The van der Waals surface area contributed by atoms with E-state index in [9.17, 15) is 0 Å². The number of fused-ring (bicyclic) bond motifs is 6. The molecule has 6 aromatic heterocycles. The van der Waals surface area contributed by atoms with E-state index in [4.69, 9.17) is 19.4 Å². The molecule has 11 aromatic rings. The molecule has 7 heteroatoms. The van der Waals surface area contributed by atoms with Gasteiger partial charge in [0.2, 0.25) is 0 Å². The molecular weight excluding hydrogens is 689 g/mol. The summed E-state index contributed by atoms with van der Waals surface area (Å²) in [6, 6.07) is 48.7. The van der Waals surface area contributed by atoms with Gasteiger partial charge in [-0.25, -0.2) is 0 Å². The second-order valence-electron chi connectivity index (χ2n) is 13.9. The van der Waals surface area contributed by atoms with Gasteiger partial charge in [0, 0.05) is 98.7 Å². The number of hydrogen-bond acceptors (Lipinski definition) is 7. The van der Waals surface area contributed by atoms with Crippen LogP contribution in [0.5, 0.6) is 0 Å². The SMILES string of the molecule is c1ccc2c(c1)oc1c(-c3ccc4cc(N(c5ccc(-c6cc7ccncc7cn6)cc5)c5ccc(-c6cc7ccncc7cn6)cc5)ccc4c3)nccc12. The number of anilines is 3. The molecule has 0 saturated heterocycles. The summed E-state index contributed by atoms with van der Waals surface area (Å²) >= 11 is 0. The quantitative estimate of drug-likeness (QED) is 0.169. The van der Waals surface area contributed by atoms with Crippen molar-refractivity contribution in [2.24, 2.45) is 0 Å². The molecule has 0 aliphatic carbocycles. The molecule has 0 radical (unpaired) electrons. The first kappa shape index (κ1) is 31.7. The molecule has 0 atom stereocenters. The summed E-state index contributed by atoms with van der Waals surface area (Å²) in [6.07, 6.45) is 12.9. The molecule has 0 aliphatic heterocycles. The van der Waals surface area contributed by atoms with E-state index in [1.165, 1.54) is 0 Å². The van der Waals surface area contributed by atoms with Gasteiger partial charge in [-0.1, -0.05) is 60.7 Å². The Bertz CT molecular complexity index is 3140. The molecule has 56 heavy (non-hydrogen) atoms. The maximum atomic E-state index is 6.33. The number of rotatable bonds is 6. The summed E-state index contributed by atoms with van der Waals surface area (Å²) in [4.78, 5) is 25.0. The Labute approximate surface area is 321 Å². The van der Waals surface area contributed by atoms with Crippen LogP contribution in [0.4, 0.5) is 17.1 Å². The van der Waals surface area contributed by atoms with Gasteiger partial charge in [-0.05, 0) is 100 Å². The molecule has 0 spiro atoms. The highest BCUT2D eigenvalue weighted by atomic mass is 16.3. The molecule has 0 saturated carbocycles. The number of benzene rings is 5. The topological polar surface area (TPSA) is 80.8 Å². The number of pyridine rings is 5. The van der Waals surface area contributed by atoms with Gasteiger partial charge >= 0.3 is 0 Å². The van der Waals surface area contributed by atoms with E-state index < -0.39 is 0 Å². The average Bonchev–Trinajstić information content (AvgIpc) is 3.66. The highest BCUT2D eigenvalue weighted by Crippen LogP contribution is 2.40. The maximum Gasteiger partial charge on any atom is 0.161 e. The zero-order valence-corrected chi connectivity index (χ0v) is 29.9. The van der Waals surface area contributed by atoms with Crippen LogP contribution in [0.25, 0.3) is 88.0 Å². The van der Waals surface area contributed by atoms with Crippen molar-refractivity contribution in [3.8, 4) is 33.8 Å². The Kier molecular flexibility index (Phi) is 7.35. The largest absolute Gasteiger partial charge is 0.454 e. The van der Waals surface area contributed by atoms with E-state index in [1.807, 2.05) is 79.8 Å². The highest BCUT2D eigenvalue weighted by molar-refractivity contribution is 6.09. The monoisotopic (exact) mass is 718 g/mol. The predicted octanol–water partition coefficient (Wildman–Crippen LogP) is 12.5. The Morgan fingerprint density at radius 1 is 0.393 bits per heavy atom. The average molecular weight is 719 g/mol. The first-order chi connectivity index (χ1) is 27.7. The number of hydrogen-bond donors (Lipinski definition) is 0. The molecule has 0 fully saturated rings. The summed E-state index contributed by atoms with van der Waals surface area (Å²) < 4.78 is 6.33. The maximum absolute atomic E-state index is 6.33. The van der Waals surface area contributed by atoms with Gasteiger partial charge in [0.05, 0.1) is 11.4 Å². The Balaban J connectivity index is 0.987. The van der Waals surface area contributed by atoms with E-state index in [2.05, 4.69) is 118 Å². The van der Waals surface area contributed by atoms with Crippen LogP contribution in [-0.4, -0.2) is 24.9 Å². The minimum absolute atomic E-state index is 0.800. The molecule has 7 nitrogen and oxygen atoms in total. The highest BCUT2D eigenvalue weighted by Gasteiger charge is 2.17. The van der Waals surface area contributed by atoms with Crippen LogP contribution in [-0.2, 0) is 0 Å². The summed E-state index contributed by atoms with van der Waals surface area (Å²) in [6.45, 7) is 0. The van der Waals surface area contributed by atoms with Crippen molar-refractivity contribution in [3.63, 3.8) is 0 Å². The van der Waals surface area contributed by atoms with Crippen LogP contribution >= 0.6 is 0 Å². The Morgan fingerprint density at radius 2 is 0.964 bits per heavy atom. The van der Waals surface area contributed by atoms with Crippen LogP contribution in [0.3, 0.4) is 0 Å². The molecular formula is C49H30N6O. The lowest BCUT2D eigenvalue weighted by atomic mass is 10.0. The first-order valence-corrected chi connectivity index (χ1v) is 18.4. The molecule has 11 rings (SSSR count). The van der Waals surface area contributed by atoms with Gasteiger partial charge in [-0.15, -0.1) is 0 Å². The smallest absolute Gasteiger partial charge is 0.161 e. The van der Waals surface area contributed by atoms with E-state index in [1.54, 1.807) is 0 Å². The lowest BCUT2D eigenvalue weighted by molar-refractivity contribution is 0.668. The van der Waals surface area contributed by atoms with Gasteiger partial charge in [0.25, 0.3) is 0 Å². The van der Waals surface area contributed by atoms with E-state index in [0.29, 0.717) is 0 Å². The molecule has 0 bridgehead atoms. The summed E-state index contributed by atoms with van der Waals surface area (Å²) in [7, 11) is 0. The fourth-order valence-electron chi connectivity index (χ4n) is 7.66. The van der Waals surface area contributed by atoms with E-state index >= 15 is 0 Å². The fourth-order valence-corrected chi connectivity index (χ4v) is 7.66. The van der Waals surface area contributed by atoms with Crippen molar-refractivity contribution in [2.75, 3.05) is 4.90 Å². The minimum Gasteiger partial charge on any atom is -0.454 e. The third-order valence-electron chi connectivity index (χ3n) is 10.5. The predicted molar refractivity (Wildman–Crippen MR) is 226 cm³/mol. The van der Waals surface area contributed by atoms with Gasteiger partial charge in [-0.3, -0.25) is 24.9 Å². The lowest BCUT2D eigenvalue weighted by Crippen LogP contribution is -2.10. The number of para-hydroxylation sites is 1. The van der Waals surface area contributed by atoms with Crippen LogP contribution < -0.4 is 4.90 Å². The first-order valence-electron chi connectivity index (χ1n) is 18.4. The van der Waals surface area contributed by atoms with Crippen LogP contribution in [0, 0.1) is 0 Å². The number of furan rings is 1. The fraction of sp³-hybridized carbons (Fsp3) is 0. The van der Waals surface area contributed by atoms with Crippen molar-refractivity contribution < 1.29 is 4.42 Å². The minimum atomic E-state index is 0.800.